The number of hydrogen-bond acceptors (Lipinski definition) is 4. The van der Waals surface area contributed by atoms with E-state index in [4.69, 9.17) is 5.73 Å². The predicted molar refractivity (Wildman–Crippen MR) is 79.8 cm³/mol. The summed E-state index contributed by atoms with van der Waals surface area (Å²) in [5.41, 5.74) is 7.90. The van der Waals surface area contributed by atoms with Crippen molar-refractivity contribution in [2.24, 2.45) is 5.73 Å². The van der Waals surface area contributed by atoms with Gasteiger partial charge in [-0.2, -0.15) is 0 Å². The van der Waals surface area contributed by atoms with E-state index < -0.39 is 0 Å². The van der Waals surface area contributed by atoms with Gasteiger partial charge in [-0.25, -0.2) is 9.97 Å². The van der Waals surface area contributed by atoms with Crippen molar-refractivity contribution in [3.05, 3.63) is 46.0 Å². The number of aryl methyl sites for hydroxylation is 1. The van der Waals surface area contributed by atoms with Crippen LogP contribution in [-0.4, -0.2) is 21.5 Å². The van der Waals surface area contributed by atoms with Crippen LogP contribution >= 0.6 is 0 Å². The third kappa shape index (κ3) is 2.16. The molecular weight excluding hydrogens is 252 g/mol. The van der Waals surface area contributed by atoms with E-state index in [1.54, 1.807) is 0 Å². The molecular formula is C15H16N4O. The predicted octanol–water partition coefficient (Wildman–Crippen LogP) is 1.53. The lowest BCUT2D eigenvalue weighted by Gasteiger charge is -2.04. The van der Waals surface area contributed by atoms with Gasteiger partial charge in [0.15, 0.2) is 5.65 Å². The first-order chi connectivity index (χ1) is 9.71. The lowest BCUT2D eigenvalue weighted by Crippen LogP contribution is -2.15. The maximum Gasteiger partial charge on any atom is 0.260 e. The van der Waals surface area contributed by atoms with Crippen molar-refractivity contribution >= 4 is 21.9 Å². The molecule has 0 aliphatic rings. The van der Waals surface area contributed by atoms with Crippen LogP contribution in [0.5, 0.6) is 0 Å². The summed E-state index contributed by atoms with van der Waals surface area (Å²) in [6.45, 7) is 2.55. The Kier molecular flexibility index (Phi) is 3.20. The summed E-state index contributed by atoms with van der Waals surface area (Å²) in [6.07, 6.45) is 1.50. The van der Waals surface area contributed by atoms with Crippen LogP contribution in [0, 0.1) is 0 Å². The zero-order valence-corrected chi connectivity index (χ0v) is 11.3. The topological polar surface area (TPSA) is 84.7 Å². The van der Waals surface area contributed by atoms with E-state index in [9.17, 15) is 4.79 Å². The monoisotopic (exact) mass is 268 g/mol. The molecule has 20 heavy (non-hydrogen) atoms. The number of rotatable bonds is 3. The molecule has 3 N–H and O–H groups in total. The number of nitrogens with zero attached hydrogens (tertiary/aromatic N) is 2. The third-order valence-electron chi connectivity index (χ3n) is 3.39. The molecule has 3 aromatic rings. The first kappa shape index (κ1) is 12.7. The fraction of sp³-hybridized carbons (Fsp3) is 0.267. The largest absolute Gasteiger partial charge is 0.330 e. The van der Waals surface area contributed by atoms with Gasteiger partial charge in [-0.3, -0.25) is 4.79 Å². The van der Waals surface area contributed by atoms with Crippen molar-refractivity contribution in [1.82, 2.24) is 15.0 Å². The molecule has 0 aliphatic heterocycles. The number of aromatic amines is 1. The van der Waals surface area contributed by atoms with Crippen LogP contribution in [0.15, 0.2) is 29.1 Å². The Hall–Kier alpha value is -2.27. The van der Waals surface area contributed by atoms with Gasteiger partial charge in [0.05, 0.1) is 10.9 Å². The van der Waals surface area contributed by atoms with Crippen molar-refractivity contribution in [3.63, 3.8) is 0 Å². The van der Waals surface area contributed by atoms with Crippen LogP contribution in [0.3, 0.4) is 0 Å². The Bertz CT molecular complexity index is 838. The highest BCUT2D eigenvalue weighted by Crippen LogP contribution is 2.18. The quantitative estimate of drug-likeness (QED) is 0.705. The van der Waals surface area contributed by atoms with E-state index in [0.717, 1.165) is 17.3 Å². The SMILES string of the molecule is CCc1ccc2nc3nc(CCN)[nH]c(=O)c3cc2c1. The molecule has 0 amide bonds. The van der Waals surface area contributed by atoms with Gasteiger partial charge in [0, 0.05) is 11.8 Å². The highest BCUT2D eigenvalue weighted by molar-refractivity contribution is 5.90. The molecule has 0 fully saturated rings. The van der Waals surface area contributed by atoms with Gasteiger partial charge in [-0.1, -0.05) is 13.0 Å². The molecule has 102 valence electrons. The van der Waals surface area contributed by atoms with Gasteiger partial charge in [0.2, 0.25) is 0 Å². The van der Waals surface area contributed by atoms with Gasteiger partial charge < -0.3 is 10.7 Å². The average molecular weight is 268 g/mol. The number of hydrogen-bond donors (Lipinski definition) is 2. The molecule has 3 rings (SSSR count). The van der Waals surface area contributed by atoms with Crippen molar-refractivity contribution in [2.45, 2.75) is 19.8 Å². The zero-order valence-electron chi connectivity index (χ0n) is 11.3. The summed E-state index contributed by atoms with van der Waals surface area (Å²) < 4.78 is 0. The normalized spacial score (nSPS) is 11.3. The fourth-order valence-corrected chi connectivity index (χ4v) is 2.30. The minimum atomic E-state index is -0.158. The van der Waals surface area contributed by atoms with Crippen LogP contribution in [0.1, 0.15) is 18.3 Å². The fourth-order valence-electron chi connectivity index (χ4n) is 2.30. The van der Waals surface area contributed by atoms with Gasteiger partial charge in [0.1, 0.15) is 5.82 Å². The lowest BCUT2D eigenvalue weighted by molar-refractivity contribution is 0.867. The molecule has 2 aromatic heterocycles. The molecule has 1 aromatic carbocycles. The molecule has 0 atom stereocenters. The molecule has 0 spiro atoms. The number of benzene rings is 1. The average Bonchev–Trinajstić information content (AvgIpc) is 2.45. The van der Waals surface area contributed by atoms with Crippen molar-refractivity contribution in [2.75, 3.05) is 6.54 Å². The minimum Gasteiger partial charge on any atom is -0.330 e. The van der Waals surface area contributed by atoms with Crippen molar-refractivity contribution < 1.29 is 0 Å². The summed E-state index contributed by atoms with van der Waals surface area (Å²) in [7, 11) is 0. The Morgan fingerprint density at radius 2 is 2.10 bits per heavy atom. The molecule has 0 saturated carbocycles. The minimum absolute atomic E-state index is 0.158. The summed E-state index contributed by atoms with van der Waals surface area (Å²) in [5.74, 6) is 0.585. The summed E-state index contributed by atoms with van der Waals surface area (Å²) in [4.78, 5) is 23.7. The van der Waals surface area contributed by atoms with Crippen molar-refractivity contribution in [1.29, 1.82) is 0 Å². The summed E-state index contributed by atoms with van der Waals surface area (Å²) >= 11 is 0. The van der Waals surface area contributed by atoms with Crippen LogP contribution in [0.4, 0.5) is 0 Å². The maximum atomic E-state index is 12.1. The molecule has 0 bridgehead atoms. The van der Waals surface area contributed by atoms with Gasteiger partial charge in [-0.15, -0.1) is 0 Å². The van der Waals surface area contributed by atoms with E-state index >= 15 is 0 Å². The number of fused-ring (bicyclic) bond motifs is 2. The van der Waals surface area contributed by atoms with Crippen LogP contribution < -0.4 is 11.3 Å². The molecule has 0 unspecified atom stereocenters. The number of pyridine rings is 1. The number of aromatic nitrogens is 3. The number of nitrogens with one attached hydrogen (secondary N) is 1. The van der Waals surface area contributed by atoms with Crippen LogP contribution in [0.25, 0.3) is 21.9 Å². The van der Waals surface area contributed by atoms with Crippen LogP contribution in [-0.2, 0) is 12.8 Å². The van der Waals surface area contributed by atoms with E-state index in [0.29, 0.717) is 29.8 Å². The van der Waals surface area contributed by atoms with E-state index in [-0.39, 0.29) is 5.56 Å². The highest BCUT2D eigenvalue weighted by Gasteiger charge is 2.07. The molecule has 5 heteroatoms. The second-order valence-electron chi connectivity index (χ2n) is 4.79. The third-order valence-corrected chi connectivity index (χ3v) is 3.39. The summed E-state index contributed by atoms with van der Waals surface area (Å²) in [6, 6.07) is 7.94. The molecule has 2 heterocycles. The Morgan fingerprint density at radius 3 is 2.85 bits per heavy atom. The van der Waals surface area contributed by atoms with Gasteiger partial charge in [0.25, 0.3) is 5.56 Å². The van der Waals surface area contributed by atoms with E-state index in [1.807, 2.05) is 12.1 Å². The maximum absolute atomic E-state index is 12.1. The molecule has 0 aliphatic carbocycles. The molecule has 5 nitrogen and oxygen atoms in total. The molecule has 0 saturated heterocycles. The summed E-state index contributed by atoms with van der Waals surface area (Å²) in [5, 5.41) is 1.49. The number of nitrogens with two attached hydrogens (primary N) is 1. The van der Waals surface area contributed by atoms with Gasteiger partial charge in [-0.05, 0) is 36.7 Å². The zero-order chi connectivity index (χ0) is 14.1. The second-order valence-corrected chi connectivity index (χ2v) is 4.79. The highest BCUT2D eigenvalue weighted by atomic mass is 16.1. The number of H-pyrrole nitrogens is 1. The Labute approximate surface area is 115 Å². The van der Waals surface area contributed by atoms with Crippen molar-refractivity contribution in [3.8, 4) is 0 Å². The van der Waals surface area contributed by atoms with Crippen LogP contribution in [0.2, 0.25) is 0 Å². The Morgan fingerprint density at radius 1 is 1.25 bits per heavy atom. The smallest absolute Gasteiger partial charge is 0.260 e. The standard InChI is InChI=1S/C15H16N4O/c1-2-9-3-4-12-10(7-9)8-11-14(17-12)18-13(5-6-16)19-15(11)20/h3-4,7-8H,2,5-6,16H2,1H3,(H,17,18,19,20). The first-order valence-corrected chi connectivity index (χ1v) is 6.74. The van der Waals surface area contributed by atoms with Gasteiger partial charge >= 0.3 is 0 Å². The first-order valence-electron chi connectivity index (χ1n) is 6.74. The van der Waals surface area contributed by atoms with E-state index in [1.165, 1.54) is 5.56 Å². The second kappa shape index (κ2) is 5.02. The Balaban J connectivity index is 2.29. The molecule has 0 radical (unpaired) electrons. The van der Waals surface area contributed by atoms with E-state index in [2.05, 4.69) is 34.0 Å². The lowest BCUT2D eigenvalue weighted by atomic mass is 10.1.